The first-order chi connectivity index (χ1) is 9.13. The van der Waals surface area contributed by atoms with Crippen molar-refractivity contribution in [1.82, 2.24) is 15.5 Å². The molecule has 1 aromatic heterocycles. The van der Waals surface area contributed by atoms with E-state index in [9.17, 15) is 4.79 Å². The van der Waals surface area contributed by atoms with Crippen LogP contribution in [-0.4, -0.2) is 22.7 Å². The van der Waals surface area contributed by atoms with Gasteiger partial charge in [-0.15, -0.1) is 0 Å². The number of anilines is 2. The van der Waals surface area contributed by atoms with Crippen molar-refractivity contribution >= 4 is 17.4 Å². The van der Waals surface area contributed by atoms with E-state index in [0.29, 0.717) is 36.1 Å². The summed E-state index contributed by atoms with van der Waals surface area (Å²) in [6, 6.07) is 6.67. The van der Waals surface area contributed by atoms with Crippen LogP contribution in [0, 0.1) is 6.92 Å². The second-order valence-electron chi connectivity index (χ2n) is 3.99. The summed E-state index contributed by atoms with van der Waals surface area (Å²) in [5, 5.41) is 9.11. The van der Waals surface area contributed by atoms with Crippen LogP contribution in [0.1, 0.15) is 11.7 Å². The molecule has 100 valence electrons. The van der Waals surface area contributed by atoms with Gasteiger partial charge in [0.2, 0.25) is 5.89 Å². The van der Waals surface area contributed by atoms with E-state index < -0.39 is 0 Å². The number of carbonyl (C=O) groups excluding carboxylic acids is 1. The van der Waals surface area contributed by atoms with Gasteiger partial charge >= 0.3 is 6.03 Å². The van der Waals surface area contributed by atoms with Crippen molar-refractivity contribution in [2.75, 3.05) is 17.6 Å². The SMILES string of the molecule is Cc1nc(CCNC(=O)Nc2cccc(N)c2)no1. The second kappa shape index (κ2) is 5.85. The Kier molecular flexibility index (Phi) is 3.97. The van der Waals surface area contributed by atoms with Crippen molar-refractivity contribution in [2.24, 2.45) is 0 Å². The molecule has 0 radical (unpaired) electrons. The van der Waals surface area contributed by atoms with E-state index in [1.165, 1.54) is 0 Å². The first-order valence-electron chi connectivity index (χ1n) is 5.83. The highest BCUT2D eigenvalue weighted by atomic mass is 16.5. The number of nitrogens with two attached hydrogens (primary N) is 1. The highest BCUT2D eigenvalue weighted by molar-refractivity contribution is 5.89. The minimum atomic E-state index is -0.300. The third-order valence-corrected chi connectivity index (χ3v) is 2.35. The summed E-state index contributed by atoms with van der Waals surface area (Å²) in [4.78, 5) is 15.6. The predicted octanol–water partition coefficient (Wildman–Crippen LogP) is 1.32. The molecular formula is C12H15N5O2. The fourth-order valence-corrected chi connectivity index (χ4v) is 1.52. The average molecular weight is 261 g/mol. The van der Waals surface area contributed by atoms with Gasteiger partial charge in [0.15, 0.2) is 5.82 Å². The van der Waals surface area contributed by atoms with Crippen LogP contribution in [0.15, 0.2) is 28.8 Å². The number of benzene rings is 1. The number of urea groups is 1. The Morgan fingerprint density at radius 2 is 2.32 bits per heavy atom. The molecule has 19 heavy (non-hydrogen) atoms. The summed E-state index contributed by atoms with van der Waals surface area (Å²) in [7, 11) is 0. The molecule has 4 N–H and O–H groups in total. The number of nitrogens with one attached hydrogen (secondary N) is 2. The van der Waals surface area contributed by atoms with Crippen LogP contribution in [0.3, 0.4) is 0 Å². The molecule has 2 aromatic rings. The van der Waals surface area contributed by atoms with Gasteiger partial charge in [0, 0.05) is 31.3 Å². The van der Waals surface area contributed by atoms with Gasteiger partial charge in [-0.2, -0.15) is 4.98 Å². The molecule has 0 atom stereocenters. The number of nitrogen functional groups attached to an aromatic ring is 1. The first kappa shape index (κ1) is 12.9. The maximum atomic E-state index is 11.6. The fraction of sp³-hybridized carbons (Fsp3) is 0.250. The maximum Gasteiger partial charge on any atom is 0.319 e. The summed E-state index contributed by atoms with van der Waals surface area (Å²) < 4.78 is 4.83. The quantitative estimate of drug-likeness (QED) is 0.720. The van der Waals surface area contributed by atoms with Crippen molar-refractivity contribution in [3.05, 3.63) is 36.0 Å². The summed E-state index contributed by atoms with van der Waals surface area (Å²) in [6.07, 6.45) is 0.516. The molecule has 0 saturated heterocycles. The van der Waals surface area contributed by atoms with Crippen LogP contribution >= 0.6 is 0 Å². The molecule has 0 spiro atoms. The molecule has 0 aliphatic rings. The minimum absolute atomic E-state index is 0.300. The molecule has 1 heterocycles. The lowest BCUT2D eigenvalue weighted by atomic mass is 10.3. The molecule has 0 unspecified atom stereocenters. The lowest BCUT2D eigenvalue weighted by molar-refractivity contribution is 0.252. The molecule has 7 nitrogen and oxygen atoms in total. The Labute approximate surface area is 110 Å². The summed E-state index contributed by atoms with van der Waals surface area (Å²) in [5.74, 6) is 1.08. The summed E-state index contributed by atoms with van der Waals surface area (Å²) >= 11 is 0. The van der Waals surface area contributed by atoms with Gasteiger partial charge in [0.1, 0.15) is 0 Å². The Morgan fingerprint density at radius 3 is 3.00 bits per heavy atom. The van der Waals surface area contributed by atoms with Crippen LogP contribution < -0.4 is 16.4 Å². The van der Waals surface area contributed by atoms with Gasteiger partial charge < -0.3 is 20.9 Å². The Balaban J connectivity index is 1.76. The van der Waals surface area contributed by atoms with Gasteiger partial charge in [-0.3, -0.25) is 0 Å². The second-order valence-corrected chi connectivity index (χ2v) is 3.99. The third kappa shape index (κ3) is 3.98. The zero-order chi connectivity index (χ0) is 13.7. The van der Waals surface area contributed by atoms with Crippen molar-refractivity contribution in [3.8, 4) is 0 Å². The van der Waals surface area contributed by atoms with Crippen LogP contribution in [-0.2, 0) is 6.42 Å². The molecule has 7 heteroatoms. The van der Waals surface area contributed by atoms with E-state index in [-0.39, 0.29) is 6.03 Å². The van der Waals surface area contributed by atoms with Gasteiger partial charge in [-0.25, -0.2) is 4.79 Å². The zero-order valence-electron chi connectivity index (χ0n) is 10.5. The van der Waals surface area contributed by atoms with E-state index in [4.69, 9.17) is 10.3 Å². The highest BCUT2D eigenvalue weighted by Gasteiger charge is 2.04. The zero-order valence-corrected chi connectivity index (χ0v) is 10.5. The maximum absolute atomic E-state index is 11.6. The monoisotopic (exact) mass is 261 g/mol. The molecular weight excluding hydrogens is 246 g/mol. The smallest absolute Gasteiger partial charge is 0.319 e. The summed E-state index contributed by atoms with van der Waals surface area (Å²) in [5.41, 5.74) is 6.86. The lowest BCUT2D eigenvalue weighted by Gasteiger charge is -2.06. The first-order valence-corrected chi connectivity index (χ1v) is 5.83. The molecule has 2 rings (SSSR count). The van der Waals surface area contributed by atoms with Crippen LogP contribution in [0.4, 0.5) is 16.2 Å². The molecule has 0 aliphatic heterocycles. The van der Waals surface area contributed by atoms with E-state index in [2.05, 4.69) is 20.8 Å². The van der Waals surface area contributed by atoms with Gasteiger partial charge in [0.25, 0.3) is 0 Å². The van der Waals surface area contributed by atoms with Gasteiger partial charge in [0.05, 0.1) is 0 Å². The van der Waals surface area contributed by atoms with E-state index in [0.717, 1.165) is 0 Å². The molecule has 2 amide bonds. The number of amides is 2. The van der Waals surface area contributed by atoms with Gasteiger partial charge in [-0.1, -0.05) is 11.2 Å². The largest absolute Gasteiger partial charge is 0.399 e. The number of carbonyl (C=O) groups is 1. The molecule has 0 saturated carbocycles. The van der Waals surface area contributed by atoms with Crippen molar-refractivity contribution in [2.45, 2.75) is 13.3 Å². The topological polar surface area (TPSA) is 106 Å². The van der Waals surface area contributed by atoms with Crippen molar-refractivity contribution < 1.29 is 9.32 Å². The molecule has 0 aliphatic carbocycles. The third-order valence-electron chi connectivity index (χ3n) is 2.35. The standard InChI is InChI=1S/C12H15N5O2/c1-8-15-11(17-19-8)5-6-14-12(18)16-10-4-2-3-9(13)7-10/h2-4,7H,5-6,13H2,1H3,(H2,14,16,18). The normalized spacial score (nSPS) is 10.2. The number of nitrogens with zero attached hydrogens (tertiary/aromatic N) is 2. The highest BCUT2D eigenvalue weighted by Crippen LogP contribution is 2.11. The van der Waals surface area contributed by atoms with Crippen LogP contribution in [0.2, 0.25) is 0 Å². The number of rotatable bonds is 4. The molecule has 0 fully saturated rings. The predicted molar refractivity (Wildman–Crippen MR) is 70.6 cm³/mol. The number of hydrogen-bond acceptors (Lipinski definition) is 5. The number of hydrogen-bond donors (Lipinski definition) is 3. The van der Waals surface area contributed by atoms with Crippen LogP contribution in [0.25, 0.3) is 0 Å². The molecule has 0 bridgehead atoms. The fourth-order valence-electron chi connectivity index (χ4n) is 1.52. The Morgan fingerprint density at radius 1 is 1.47 bits per heavy atom. The van der Waals surface area contributed by atoms with E-state index in [1.807, 2.05) is 0 Å². The summed E-state index contributed by atoms with van der Waals surface area (Å²) in [6.45, 7) is 2.14. The number of aromatic nitrogens is 2. The minimum Gasteiger partial charge on any atom is -0.399 e. The van der Waals surface area contributed by atoms with E-state index in [1.54, 1.807) is 31.2 Å². The van der Waals surface area contributed by atoms with E-state index >= 15 is 0 Å². The lowest BCUT2D eigenvalue weighted by Crippen LogP contribution is -2.30. The Bertz CT molecular complexity index is 567. The van der Waals surface area contributed by atoms with Crippen molar-refractivity contribution in [3.63, 3.8) is 0 Å². The van der Waals surface area contributed by atoms with Crippen LogP contribution in [0.5, 0.6) is 0 Å². The van der Waals surface area contributed by atoms with Crippen molar-refractivity contribution in [1.29, 1.82) is 0 Å². The van der Waals surface area contributed by atoms with Gasteiger partial charge in [-0.05, 0) is 18.2 Å². The number of aryl methyl sites for hydroxylation is 1. The average Bonchev–Trinajstić information content (AvgIpc) is 2.75. The molecule has 1 aromatic carbocycles. The Hall–Kier alpha value is -2.57.